The number of nitrogens with one attached hydrogen (secondary N) is 1. The van der Waals surface area contributed by atoms with E-state index in [0.29, 0.717) is 5.92 Å². The molecular formula is C19H25FN6O. The average molecular weight is 372 g/mol. The highest BCUT2D eigenvalue weighted by Crippen LogP contribution is 2.23. The van der Waals surface area contributed by atoms with Crippen LogP contribution in [0.2, 0.25) is 0 Å². The van der Waals surface area contributed by atoms with Gasteiger partial charge in [-0.05, 0) is 25.0 Å². The Morgan fingerprint density at radius 3 is 2.56 bits per heavy atom. The monoisotopic (exact) mass is 372 g/mol. The van der Waals surface area contributed by atoms with Gasteiger partial charge in [0, 0.05) is 30.1 Å². The number of aliphatic imine (C=N–C) groups is 1. The lowest BCUT2D eigenvalue weighted by Gasteiger charge is -2.03. The van der Waals surface area contributed by atoms with E-state index in [1.54, 1.807) is 0 Å². The van der Waals surface area contributed by atoms with Crippen molar-refractivity contribution in [3.05, 3.63) is 52.5 Å². The summed E-state index contributed by atoms with van der Waals surface area (Å²) in [4.78, 5) is 21.3. The van der Waals surface area contributed by atoms with Gasteiger partial charge in [0.05, 0.1) is 11.8 Å². The normalized spacial score (nSPS) is 13.6. The van der Waals surface area contributed by atoms with Crippen molar-refractivity contribution < 1.29 is 4.39 Å². The summed E-state index contributed by atoms with van der Waals surface area (Å²) in [6, 6.07) is 6.32. The summed E-state index contributed by atoms with van der Waals surface area (Å²) < 4.78 is 12.9. The Balaban J connectivity index is 0.000000338. The zero-order chi connectivity index (χ0) is 20.2. The summed E-state index contributed by atoms with van der Waals surface area (Å²) in [5, 5.41) is 8.32. The number of pyridine rings is 2. The van der Waals surface area contributed by atoms with Gasteiger partial charge in [0.25, 0.3) is 5.56 Å². The second-order valence-electron chi connectivity index (χ2n) is 5.58. The van der Waals surface area contributed by atoms with Crippen molar-refractivity contribution in [3.63, 3.8) is 0 Å². The highest BCUT2D eigenvalue weighted by atomic mass is 19.1. The van der Waals surface area contributed by atoms with Crippen LogP contribution in [0.3, 0.4) is 0 Å². The lowest BCUT2D eigenvalue weighted by atomic mass is 10.1. The van der Waals surface area contributed by atoms with Gasteiger partial charge in [0.1, 0.15) is 11.4 Å². The van der Waals surface area contributed by atoms with Gasteiger partial charge in [-0.3, -0.25) is 4.79 Å². The highest BCUT2D eigenvalue weighted by molar-refractivity contribution is 6.02. The molecule has 1 aliphatic carbocycles. The summed E-state index contributed by atoms with van der Waals surface area (Å²) in [5.41, 5.74) is 11.4. The fraction of sp³-hybridized carbons (Fsp3) is 0.368. The first-order valence-corrected chi connectivity index (χ1v) is 8.84. The number of halogens is 1. The van der Waals surface area contributed by atoms with Crippen LogP contribution in [-0.4, -0.2) is 15.8 Å². The third kappa shape index (κ3) is 6.90. The molecule has 0 aromatic carbocycles. The molecule has 1 fully saturated rings. The summed E-state index contributed by atoms with van der Waals surface area (Å²) >= 11 is 0. The quantitative estimate of drug-likeness (QED) is 0.422. The Kier molecular flexibility index (Phi) is 9.23. The van der Waals surface area contributed by atoms with Crippen LogP contribution in [0.4, 0.5) is 15.8 Å². The molecule has 3 rings (SSSR count). The maximum atomic E-state index is 12.9. The van der Waals surface area contributed by atoms with E-state index in [4.69, 9.17) is 16.7 Å². The Bertz CT molecular complexity index is 850. The molecule has 0 atom stereocenters. The maximum Gasteiger partial charge on any atom is 0.261 e. The molecule has 144 valence electrons. The van der Waals surface area contributed by atoms with Gasteiger partial charge in [0.15, 0.2) is 0 Å². The van der Waals surface area contributed by atoms with E-state index in [9.17, 15) is 9.18 Å². The molecule has 0 spiro atoms. The number of nitrogen functional groups attached to an aromatic ring is 1. The van der Waals surface area contributed by atoms with E-state index in [2.05, 4.69) is 21.0 Å². The molecule has 0 saturated heterocycles. The molecule has 0 amide bonds. The summed E-state index contributed by atoms with van der Waals surface area (Å²) in [6.07, 6.45) is 7.50. The fourth-order valence-corrected chi connectivity index (χ4v) is 2.47. The zero-order valence-electron chi connectivity index (χ0n) is 15.6. The van der Waals surface area contributed by atoms with Crippen LogP contribution in [0.15, 0.2) is 40.4 Å². The number of hydrogen-bond acceptors (Lipinski definition) is 5. The van der Waals surface area contributed by atoms with Gasteiger partial charge < -0.3 is 16.5 Å². The molecule has 8 heteroatoms. The van der Waals surface area contributed by atoms with Gasteiger partial charge in [-0.15, -0.1) is 0 Å². The van der Waals surface area contributed by atoms with E-state index >= 15 is 0 Å². The van der Waals surface area contributed by atoms with Crippen molar-refractivity contribution in [2.24, 2.45) is 16.6 Å². The molecule has 0 radical (unpaired) electrons. The van der Waals surface area contributed by atoms with Crippen molar-refractivity contribution >= 4 is 17.2 Å². The topological polar surface area (TPSA) is 134 Å². The molecule has 27 heavy (non-hydrogen) atoms. The number of nitrogens with zero attached hydrogens (tertiary/aromatic N) is 3. The van der Waals surface area contributed by atoms with E-state index in [0.717, 1.165) is 18.9 Å². The second-order valence-corrected chi connectivity index (χ2v) is 5.58. The third-order valence-corrected chi connectivity index (χ3v) is 3.75. The molecule has 0 aliphatic heterocycles. The fourth-order valence-electron chi connectivity index (χ4n) is 2.47. The highest BCUT2D eigenvalue weighted by Gasteiger charge is 2.12. The second kappa shape index (κ2) is 11.4. The number of H-pyrrole nitrogens is 1. The van der Waals surface area contributed by atoms with Crippen LogP contribution in [0.25, 0.3) is 0 Å². The maximum absolute atomic E-state index is 12.9. The number of hydrogen-bond donors (Lipinski definition) is 3. The van der Waals surface area contributed by atoms with Gasteiger partial charge >= 0.3 is 0 Å². The van der Waals surface area contributed by atoms with Gasteiger partial charge in [-0.2, -0.15) is 9.65 Å². The van der Waals surface area contributed by atoms with Crippen LogP contribution in [0.1, 0.15) is 45.1 Å². The minimum absolute atomic E-state index is 0.0646. The van der Waals surface area contributed by atoms with Crippen LogP contribution in [0, 0.1) is 23.2 Å². The van der Waals surface area contributed by atoms with E-state index in [1.807, 2.05) is 13.8 Å². The minimum Gasteiger partial charge on any atom is -0.398 e. The van der Waals surface area contributed by atoms with Crippen molar-refractivity contribution in [3.8, 4) is 6.07 Å². The predicted molar refractivity (Wildman–Crippen MR) is 105 cm³/mol. The van der Waals surface area contributed by atoms with Crippen molar-refractivity contribution in [2.75, 3.05) is 5.73 Å². The standard InChI is InChI=1S/C11H10FN5O.C6H9N.C2H6/c12-8-5-6(1-3-15-8)17-10(14)9-7(13)2-4-16-11(9)18;7-5-6-3-1-2-4-6;1-2/h1-5H,(H3,13,16,18)(H2,14,15,17);6H,1-4H2;1-2H3. The van der Waals surface area contributed by atoms with Crippen LogP contribution in [0.5, 0.6) is 0 Å². The minimum atomic E-state index is -0.681. The van der Waals surface area contributed by atoms with Crippen LogP contribution >= 0.6 is 0 Å². The molecule has 2 heterocycles. The number of aromatic amines is 1. The number of aromatic nitrogens is 2. The summed E-state index contributed by atoms with van der Waals surface area (Å²) in [6.45, 7) is 4.00. The van der Waals surface area contributed by atoms with Crippen LogP contribution in [-0.2, 0) is 0 Å². The van der Waals surface area contributed by atoms with Crippen molar-refractivity contribution in [1.82, 2.24) is 9.97 Å². The molecule has 1 aliphatic rings. The molecule has 5 N–H and O–H groups in total. The number of amidine groups is 1. The molecule has 2 aromatic heterocycles. The van der Waals surface area contributed by atoms with Crippen molar-refractivity contribution in [2.45, 2.75) is 39.5 Å². The predicted octanol–water partition coefficient (Wildman–Crippen LogP) is 3.25. The summed E-state index contributed by atoms with van der Waals surface area (Å²) in [7, 11) is 0. The summed E-state index contributed by atoms with van der Waals surface area (Å²) in [5.74, 6) is -0.362. The number of rotatable bonds is 2. The molecule has 7 nitrogen and oxygen atoms in total. The Hall–Kier alpha value is -3.21. The Morgan fingerprint density at radius 2 is 2.04 bits per heavy atom. The largest absolute Gasteiger partial charge is 0.398 e. The first kappa shape index (κ1) is 21.8. The van der Waals surface area contributed by atoms with E-state index in [-0.39, 0.29) is 22.8 Å². The van der Waals surface area contributed by atoms with Crippen LogP contribution < -0.4 is 17.0 Å². The van der Waals surface area contributed by atoms with Gasteiger partial charge in [-0.1, -0.05) is 26.7 Å². The average Bonchev–Trinajstić information content (AvgIpc) is 3.18. The van der Waals surface area contributed by atoms with E-state index in [1.165, 1.54) is 37.4 Å². The first-order valence-electron chi connectivity index (χ1n) is 8.84. The Labute approximate surface area is 158 Å². The molecular weight excluding hydrogens is 347 g/mol. The lowest BCUT2D eigenvalue weighted by molar-refractivity contribution is 0.584. The van der Waals surface area contributed by atoms with E-state index < -0.39 is 11.5 Å². The molecule has 0 bridgehead atoms. The first-order chi connectivity index (χ1) is 13.0. The Morgan fingerprint density at radius 1 is 1.37 bits per heavy atom. The number of nitriles is 1. The SMILES string of the molecule is CC.N#CC1CCCC1.NC(=Nc1ccnc(F)c1)c1c(N)cc[nH]c1=O. The lowest BCUT2D eigenvalue weighted by Crippen LogP contribution is -2.25. The zero-order valence-corrected chi connectivity index (χ0v) is 15.6. The number of nitrogens with two attached hydrogens (primary N) is 2. The number of anilines is 1. The molecule has 1 saturated carbocycles. The van der Waals surface area contributed by atoms with Gasteiger partial charge in [0.2, 0.25) is 5.95 Å². The molecule has 0 unspecified atom stereocenters. The van der Waals surface area contributed by atoms with Gasteiger partial charge in [-0.25, -0.2) is 9.98 Å². The smallest absolute Gasteiger partial charge is 0.261 e. The van der Waals surface area contributed by atoms with Crippen molar-refractivity contribution in [1.29, 1.82) is 5.26 Å². The third-order valence-electron chi connectivity index (χ3n) is 3.75. The molecule has 2 aromatic rings.